The average molecular weight is 578 g/mol. The van der Waals surface area contributed by atoms with Crippen LogP contribution in [0.1, 0.15) is 23.8 Å². The van der Waals surface area contributed by atoms with Gasteiger partial charge in [-0.05, 0) is 60.9 Å². The number of rotatable bonds is 8. The predicted octanol–water partition coefficient (Wildman–Crippen LogP) is 5.49. The second-order valence-corrected chi connectivity index (χ2v) is 11.0. The van der Waals surface area contributed by atoms with Gasteiger partial charge in [0.2, 0.25) is 0 Å². The summed E-state index contributed by atoms with van der Waals surface area (Å²) in [5.41, 5.74) is 1.39. The number of hydrogen-bond acceptors (Lipinski definition) is 6. The first-order valence-electron chi connectivity index (χ1n) is 11.9. The Bertz CT molecular complexity index is 1450. The van der Waals surface area contributed by atoms with E-state index in [0.29, 0.717) is 18.9 Å². The Kier molecular flexibility index (Phi) is 9.46. The monoisotopic (exact) mass is 577 g/mol. The molecule has 5 rings (SSSR count). The SMILES string of the molecule is COCN(c1cccc(-c2nc(C3CCOCC3)sc2-c2ccncc2)c1F)S(=O)c1cc(F)ccc1F.O. The van der Waals surface area contributed by atoms with Gasteiger partial charge in [0, 0.05) is 44.2 Å². The van der Waals surface area contributed by atoms with Crippen molar-refractivity contribution in [3.8, 4) is 21.7 Å². The molecule has 1 atom stereocenters. The highest BCUT2D eigenvalue weighted by Gasteiger charge is 2.28. The predicted molar refractivity (Wildman–Crippen MR) is 144 cm³/mol. The van der Waals surface area contributed by atoms with Crippen molar-refractivity contribution in [1.29, 1.82) is 0 Å². The van der Waals surface area contributed by atoms with Crippen molar-refractivity contribution in [2.24, 2.45) is 0 Å². The number of ether oxygens (including phenoxy) is 2. The molecule has 0 saturated carbocycles. The lowest BCUT2D eigenvalue weighted by atomic mass is 10.0. The number of thiazole rings is 1. The summed E-state index contributed by atoms with van der Waals surface area (Å²) in [5.74, 6) is -2.13. The molecule has 39 heavy (non-hydrogen) atoms. The maximum absolute atomic E-state index is 16.3. The van der Waals surface area contributed by atoms with E-state index in [1.807, 2.05) is 12.1 Å². The molecule has 0 aliphatic carbocycles. The number of aromatic nitrogens is 2. The van der Waals surface area contributed by atoms with Crippen molar-refractivity contribution < 1.29 is 32.3 Å². The van der Waals surface area contributed by atoms with Gasteiger partial charge in [-0.25, -0.2) is 22.4 Å². The minimum atomic E-state index is -2.30. The lowest BCUT2D eigenvalue weighted by Crippen LogP contribution is -2.29. The summed E-state index contributed by atoms with van der Waals surface area (Å²) >= 11 is 1.50. The number of methoxy groups -OCH3 is 1. The summed E-state index contributed by atoms with van der Waals surface area (Å²) in [7, 11) is -0.952. The number of hydrogen-bond donors (Lipinski definition) is 0. The van der Waals surface area contributed by atoms with Crippen molar-refractivity contribution in [2.45, 2.75) is 23.7 Å². The zero-order chi connectivity index (χ0) is 26.6. The molecule has 2 N–H and O–H groups in total. The maximum atomic E-state index is 16.3. The standard InChI is InChI=1S/C27H24F3N3O3S2.H2O/c1-35-16-33(38(34)23-15-19(28)5-6-21(23)29)22-4-2-3-20(24(22)30)25-26(17-7-11-31-12-8-17)37-27(32-25)18-9-13-36-14-10-18;/h2-8,11-12,15,18H,9-10,13-14,16H2,1H3;1H2. The molecule has 0 amide bonds. The van der Waals surface area contributed by atoms with Crippen LogP contribution < -0.4 is 4.31 Å². The van der Waals surface area contributed by atoms with Gasteiger partial charge < -0.3 is 14.9 Å². The second-order valence-electron chi connectivity index (χ2n) is 8.61. The molecule has 1 aliphatic rings. The number of pyridine rings is 1. The largest absolute Gasteiger partial charge is 0.412 e. The first kappa shape index (κ1) is 28.8. The minimum absolute atomic E-state index is 0. The summed E-state index contributed by atoms with van der Waals surface area (Å²) in [4.78, 5) is 9.33. The second kappa shape index (κ2) is 12.8. The summed E-state index contributed by atoms with van der Waals surface area (Å²) in [6.07, 6.45) is 4.98. The highest BCUT2D eigenvalue weighted by atomic mass is 32.2. The van der Waals surface area contributed by atoms with E-state index in [1.54, 1.807) is 24.5 Å². The van der Waals surface area contributed by atoms with Crippen LogP contribution in [0.4, 0.5) is 18.9 Å². The molecule has 4 aromatic rings. The van der Waals surface area contributed by atoms with Crippen LogP contribution in [0.3, 0.4) is 0 Å². The molecule has 1 unspecified atom stereocenters. The fraction of sp³-hybridized carbons (Fsp3) is 0.259. The normalized spacial score (nSPS) is 14.6. The Morgan fingerprint density at radius 2 is 1.85 bits per heavy atom. The maximum Gasteiger partial charge on any atom is 0.158 e. The Balaban J connectivity index is 0.00000353. The van der Waals surface area contributed by atoms with Crippen LogP contribution in [0.15, 0.2) is 65.8 Å². The summed E-state index contributed by atoms with van der Waals surface area (Å²) in [6, 6.07) is 11.0. The molecule has 2 aromatic heterocycles. The highest BCUT2D eigenvalue weighted by Crippen LogP contribution is 2.43. The van der Waals surface area contributed by atoms with Gasteiger partial charge in [0.25, 0.3) is 0 Å². The van der Waals surface area contributed by atoms with Gasteiger partial charge in [-0.15, -0.1) is 11.3 Å². The van der Waals surface area contributed by atoms with E-state index >= 15 is 4.39 Å². The molecule has 1 fully saturated rings. The van der Waals surface area contributed by atoms with Crippen LogP contribution in [0, 0.1) is 17.5 Å². The summed E-state index contributed by atoms with van der Waals surface area (Å²) in [6.45, 7) is 0.954. The molecule has 2 aromatic carbocycles. The summed E-state index contributed by atoms with van der Waals surface area (Å²) < 4.78 is 69.6. The quantitative estimate of drug-likeness (QED) is 0.258. The van der Waals surface area contributed by atoms with Gasteiger partial charge in [-0.1, -0.05) is 6.07 Å². The first-order valence-corrected chi connectivity index (χ1v) is 13.8. The number of benzene rings is 2. The Labute approximate surface area is 230 Å². The molecular weight excluding hydrogens is 551 g/mol. The van der Waals surface area contributed by atoms with Crippen molar-refractivity contribution in [3.63, 3.8) is 0 Å². The third-order valence-corrected chi connectivity index (χ3v) is 8.85. The third-order valence-electron chi connectivity index (χ3n) is 6.19. The fourth-order valence-corrected chi connectivity index (χ4v) is 6.75. The topological polar surface area (TPSA) is 96.1 Å². The van der Waals surface area contributed by atoms with Crippen LogP contribution in [-0.4, -0.2) is 46.7 Å². The Morgan fingerprint density at radius 3 is 2.56 bits per heavy atom. The highest BCUT2D eigenvalue weighted by molar-refractivity contribution is 7.86. The van der Waals surface area contributed by atoms with Gasteiger partial charge in [-0.3, -0.25) is 9.29 Å². The van der Waals surface area contributed by atoms with Crippen LogP contribution in [0.5, 0.6) is 0 Å². The van der Waals surface area contributed by atoms with E-state index in [4.69, 9.17) is 14.5 Å². The average Bonchev–Trinajstić information content (AvgIpc) is 3.39. The van der Waals surface area contributed by atoms with Gasteiger partial charge in [0.1, 0.15) is 18.4 Å². The van der Waals surface area contributed by atoms with Crippen LogP contribution in [-0.2, 0) is 20.5 Å². The molecule has 7 nitrogen and oxygen atoms in total. The molecule has 12 heteroatoms. The molecule has 1 aliphatic heterocycles. The van der Waals surface area contributed by atoms with E-state index in [0.717, 1.165) is 50.8 Å². The Hall–Kier alpha value is -3.16. The van der Waals surface area contributed by atoms with Crippen molar-refractivity contribution >= 4 is 28.0 Å². The van der Waals surface area contributed by atoms with Crippen molar-refractivity contribution in [3.05, 3.63) is 83.4 Å². The lowest BCUT2D eigenvalue weighted by molar-refractivity contribution is 0.0853. The molecule has 1 saturated heterocycles. The van der Waals surface area contributed by atoms with Crippen LogP contribution >= 0.6 is 11.3 Å². The Morgan fingerprint density at radius 1 is 1.10 bits per heavy atom. The van der Waals surface area contributed by atoms with Gasteiger partial charge in [0.05, 0.1) is 26.2 Å². The van der Waals surface area contributed by atoms with Crippen molar-refractivity contribution in [1.82, 2.24) is 9.97 Å². The molecule has 0 spiro atoms. The smallest absolute Gasteiger partial charge is 0.158 e. The first-order chi connectivity index (χ1) is 18.5. The van der Waals surface area contributed by atoms with E-state index in [9.17, 15) is 13.0 Å². The van der Waals surface area contributed by atoms with Gasteiger partial charge >= 0.3 is 0 Å². The summed E-state index contributed by atoms with van der Waals surface area (Å²) in [5, 5.41) is 0.888. The molecule has 206 valence electrons. The third kappa shape index (κ3) is 6.04. The number of halogens is 3. The minimum Gasteiger partial charge on any atom is -0.412 e. The van der Waals surface area contributed by atoms with E-state index in [2.05, 4.69) is 4.98 Å². The van der Waals surface area contributed by atoms with Gasteiger partial charge in [0.15, 0.2) is 16.8 Å². The van der Waals surface area contributed by atoms with Gasteiger partial charge in [-0.2, -0.15) is 0 Å². The van der Waals surface area contributed by atoms with E-state index in [-0.39, 0.29) is 29.4 Å². The zero-order valence-corrected chi connectivity index (χ0v) is 22.5. The van der Waals surface area contributed by atoms with E-state index < -0.39 is 33.3 Å². The molecule has 0 radical (unpaired) electrons. The van der Waals surface area contributed by atoms with Crippen LogP contribution in [0.2, 0.25) is 0 Å². The number of anilines is 1. The molecule has 0 bridgehead atoms. The molecule has 3 heterocycles. The fourth-order valence-electron chi connectivity index (χ4n) is 4.29. The van der Waals surface area contributed by atoms with E-state index in [1.165, 1.54) is 24.5 Å². The lowest BCUT2D eigenvalue weighted by Gasteiger charge is -2.24. The van der Waals surface area contributed by atoms with Crippen LogP contribution in [0.25, 0.3) is 21.7 Å². The number of nitrogens with zero attached hydrogens (tertiary/aromatic N) is 3. The van der Waals surface area contributed by atoms with Crippen molar-refractivity contribution in [2.75, 3.05) is 31.4 Å². The molecular formula is C27H26F3N3O4S2. The zero-order valence-electron chi connectivity index (χ0n) is 20.9.